The Morgan fingerprint density at radius 3 is 1.95 bits per heavy atom. The van der Waals surface area contributed by atoms with Crippen molar-refractivity contribution in [3.8, 4) is 0 Å². The summed E-state index contributed by atoms with van der Waals surface area (Å²) in [6.45, 7) is 5.06. The number of halogens is 2. The maximum absolute atomic E-state index is 13.6. The Kier molecular flexibility index (Phi) is 9.07. The van der Waals surface area contributed by atoms with Crippen LogP contribution in [-0.2, 0) is 14.3 Å². The van der Waals surface area contributed by atoms with Crippen LogP contribution < -0.4 is 0 Å². The normalized spacial score (nSPS) is 10.0. The minimum Gasteiger partial charge on any atom is -0.483 e. The van der Waals surface area contributed by atoms with Gasteiger partial charge in [0.25, 0.3) is 6.47 Å². The highest BCUT2D eigenvalue weighted by atomic mass is 19.1. The number of hydrogen-bond acceptors (Lipinski definition) is 4. The molecule has 0 unspecified atom stereocenters. The van der Waals surface area contributed by atoms with E-state index in [-0.39, 0.29) is 19.7 Å². The number of benzene rings is 1. The molecule has 0 saturated heterocycles. The SMILES string of the molecule is CCOC(OCC)C(=O)c1c(F)cc(C)cc1F.O=CO. The van der Waals surface area contributed by atoms with E-state index in [1.807, 2.05) is 0 Å². The molecule has 0 saturated carbocycles. The highest BCUT2D eigenvalue weighted by Gasteiger charge is 2.27. The number of ether oxygens (including phenoxy) is 2. The van der Waals surface area contributed by atoms with E-state index in [1.165, 1.54) is 0 Å². The van der Waals surface area contributed by atoms with Gasteiger partial charge in [-0.3, -0.25) is 9.59 Å². The van der Waals surface area contributed by atoms with Crippen molar-refractivity contribution in [3.05, 3.63) is 34.9 Å². The maximum Gasteiger partial charge on any atom is 0.290 e. The van der Waals surface area contributed by atoms with E-state index in [1.54, 1.807) is 20.8 Å². The molecule has 0 aliphatic heterocycles. The Bertz CT molecular complexity index is 447. The molecule has 0 atom stereocenters. The van der Waals surface area contributed by atoms with E-state index in [0.717, 1.165) is 12.1 Å². The zero-order valence-electron chi connectivity index (χ0n) is 12.1. The zero-order valence-corrected chi connectivity index (χ0v) is 12.1. The molecule has 1 aromatic rings. The number of rotatable bonds is 6. The van der Waals surface area contributed by atoms with E-state index in [2.05, 4.69) is 0 Å². The monoisotopic (exact) mass is 304 g/mol. The molecule has 0 radical (unpaired) electrons. The molecule has 0 spiro atoms. The van der Waals surface area contributed by atoms with Crippen molar-refractivity contribution in [1.82, 2.24) is 0 Å². The molecule has 1 N–H and O–H groups in total. The second-order valence-electron chi connectivity index (χ2n) is 3.82. The summed E-state index contributed by atoms with van der Waals surface area (Å²) in [6, 6.07) is 2.20. The van der Waals surface area contributed by atoms with Crippen molar-refractivity contribution in [2.24, 2.45) is 0 Å². The number of Topliss-reactive ketones (excluding diaryl/α,β-unsaturated/α-hetero) is 1. The first-order chi connectivity index (χ1) is 9.92. The Labute approximate surface area is 121 Å². The molecule has 1 aromatic carbocycles. The van der Waals surface area contributed by atoms with Gasteiger partial charge in [-0.25, -0.2) is 8.78 Å². The molecule has 5 nitrogen and oxygen atoms in total. The third-order valence-corrected chi connectivity index (χ3v) is 2.28. The van der Waals surface area contributed by atoms with Crippen molar-refractivity contribution in [1.29, 1.82) is 0 Å². The fourth-order valence-electron chi connectivity index (χ4n) is 1.56. The van der Waals surface area contributed by atoms with Gasteiger partial charge >= 0.3 is 0 Å². The number of ketones is 1. The second-order valence-corrected chi connectivity index (χ2v) is 3.82. The highest BCUT2D eigenvalue weighted by Crippen LogP contribution is 2.18. The molecular weight excluding hydrogens is 286 g/mol. The van der Waals surface area contributed by atoms with Gasteiger partial charge in [-0.1, -0.05) is 0 Å². The number of carboxylic acid groups (broad SMARTS) is 1. The number of carbonyl (C=O) groups excluding carboxylic acids is 1. The molecule has 0 aliphatic rings. The molecule has 7 heteroatoms. The Hall–Kier alpha value is -1.86. The van der Waals surface area contributed by atoms with Crippen LogP contribution in [0.4, 0.5) is 8.78 Å². The summed E-state index contributed by atoms with van der Waals surface area (Å²) in [5.41, 5.74) is -0.210. The zero-order chi connectivity index (χ0) is 16.4. The topological polar surface area (TPSA) is 72.8 Å². The lowest BCUT2D eigenvalue weighted by Crippen LogP contribution is -2.29. The highest BCUT2D eigenvalue weighted by molar-refractivity contribution is 5.99. The minimum absolute atomic E-state index is 0.214. The maximum atomic E-state index is 13.6. The van der Waals surface area contributed by atoms with Crippen molar-refractivity contribution in [3.63, 3.8) is 0 Å². The lowest BCUT2D eigenvalue weighted by atomic mass is 10.1. The van der Waals surface area contributed by atoms with E-state index >= 15 is 0 Å². The van der Waals surface area contributed by atoms with E-state index in [0.29, 0.717) is 5.56 Å². The Balaban J connectivity index is 0.00000122. The Morgan fingerprint density at radius 2 is 1.62 bits per heavy atom. The van der Waals surface area contributed by atoms with Gasteiger partial charge < -0.3 is 14.6 Å². The fraction of sp³-hybridized carbons (Fsp3) is 0.429. The Morgan fingerprint density at radius 1 is 1.24 bits per heavy atom. The number of aryl methyl sites for hydroxylation is 1. The summed E-state index contributed by atoms with van der Waals surface area (Å²) < 4.78 is 37.3. The molecule has 118 valence electrons. The van der Waals surface area contributed by atoms with Gasteiger partial charge in [-0.05, 0) is 38.5 Å². The number of carbonyl (C=O) groups is 2. The molecule has 0 amide bonds. The molecule has 0 aliphatic carbocycles. The van der Waals surface area contributed by atoms with Crippen LogP contribution in [0.15, 0.2) is 12.1 Å². The van der Waals surface area contributed by atoms with Crippen molar-refractivity contribution in [2.75, 3.05) is 13.2 Å². The van der Waals surface area contributed by atoms with Crippen LogP contribution in [0, 0.1) is 18.6 Å². The van der Waals surface area contributed by atoms with Crippen LogP contribution in [0.25, 0.3) is 0 Å². The van der Waals surface area contributed by atoms with E-state index in [9.17, 15) is 13.6 Å². The minimum atomic E-state index is -1.27. The lowest BCUT2D eigenvalue weighted by Gasteiger charge is -2.16. The third kappa shape index (κ3) is 5.97. The van der Waals surface area contributed by atoms with Crippen LogP contribution in [0.5, 0.6) is 0 Å². The first-order valence-corrected chi connectivity index (χ1v) is 6.23. The lowest BCUT2D eigenvalue weighted by molar-refractivity contribution is -0.122. The summed E-state index contributed by atoms with van der Waals surface area (Å²) in [5.74, 6) is -2.64. The summed E-state index contributed by atoms with van der Waals surface area (Å²) in [7, 11) is 0. The van der Waals surface area contributed by atoms with Gasteiger partial charge in [0.2, 0.25) is 12.1 Å². The van der Waals surface area contributed by atoms with Crippen LogP contribution in [-0.4, -0.2) is 36.9 Å². The molecule has 1 rings (SSSR count). The summed E-state index contributed by atoms with van der Waals surface area (Å²) in [6.07, 6.45) is -1.27. The summed E-state index contributed by atoms with van der Waals surface area (Å²) >= 11 is 0. The van der Waals surface area contributed by atoms with Crippen molar-refractivity contribution >= 4 is 12.3 Å². The molecular formula is C14H18F2O5. The van der Waals surface area contributed by atoms with Gasteiger partial charge in [0, 0.05) is 13.2 Å². The summed E-state index contributed by atoms with van der Waals surface area (Å²) in [4.78, 5) is 20.3. The van der Waals surface area contributed by atoms with E-state index < -0.39 is 29.3 Å². The van der Waals surface area contributed by atoms with E-state index in [4.69, 9.17) is 19.4 Å². The largest absolute Gasteiger partial charge is 0.483 e. The predicted octanol–water partition coefficient (Wildman–Crippen LogP) is 2.56. The molecule has 21 heavy (non-hydrogen) atoms. The molecule has 0 fully saturated rings. The van der Waals surface area contributed by atoms with Gasteiger partial charge in [0.1, 0.15) is 11.6 Å². The van der Waals surface area contributed by atoms with Crippen LogP contribution >= 0.6 is 0 Å². The first-order valence-electron chi connectivity index (χ1n) is 6.23. The van der Waals surface area contributed by atoms with Crippen LogP contribution in [0.2, 0.25) is 0 Å². The van der Waals surface area contributed by atoms with Crippen molar-refractivity contribution in [2.45, 2.75) is 27.1 Å². The molecule has 0 bridgehead atoms. The van der Waals surface area contributed by atoms with Gasteiger partial charge in [-0.15, -0.1) is 0 Å². The van der Waals surface area contributed by atoms with Crippen LogP contribution in [0.3, 0.4) is 0 Å². The quantitative estimate of drug-likeness (QED) is 0.497. The summed E-state index contributed by atoms with van der Waals surface area (Å²) in [5, 5.41) is 6.89. The van der Waals surface area contributed by atoms with Gasteiger partial charge in [0.05, 0.1) is 5.56 Å². The average molecular weight is 304 g/mol. The van der Waals surface area contributed by atoms with Gasteiger partial charge in [-0.2, -0.15) is 0 Å². The average Bonchev–Trinajstić information content (AvgIpc) is 2.38. The third-order valence-electron chi connectivity index (χ3n) is 2.28. The number of hydrogen-bond donors (Lipinski definition) is 1. The smallest absolute Gasteiger partial charge is 0.290 e. The second kappa shape index (κ2) is 9.95. The fourth-order valence-corrected chi connectivity index (χ4v) is 1.56. The van der Waals surface area contributed by atoms with Gasteiger partial charge in [0.15, 0.2) is 0 Å². The predicted molar refractivity (Wildman–Crippen MR) is 71.2 cm³/mol. The standard InChI is InChI=1S/C13H16F2O3.CH2O2/c1-4-17-13(18-5-2)12(16)11-9(14)6-8(3)7-10(11)15;2-1-3/h6-7,13H,4-5H2,1-3H3;1H,(H,2,3). The molecule has 0 heterocycles. The molecule has 0 aromatic heterocycles. The van der Waals surface area contributed by atoms with Crippen molar-refractivity contribution < 1.29 is 33.0 Å². The van der Waals surface area contributed by atoms with Crippen LogP contribution in [0.1, 0.15) is 29.8 Å². The first kappa shape index (κ1) is 19.1.